The number of ether oxygens (including phenoxy) is 3. The summed E-state index contributed by atoms with van der Waals surface area (Å²) in [5.41, 5.74) is -0.629. The second kappa shape index (κ2) is 13.1. The molecule has 2 rings (SSSR count). The van der Waals surface area contributed by atoms with Crippen LogP contribution in [0.15, 0.2) is 41.3 Å². The van der Waals surface area contributed by atoms with E-state index >= 15 is 0 Å². The minimum absolute atomic E-state index is 0.0166. The number of benzene rings is 2. The standard InChI is InChI=1S/C29H39ClN2O8S/c1-18-10-12-19(13-11-18)41(36,37)32(8)23-17-24(38-9)20(16-21(23)30)26(34)31-22(27(35)40-29(5,6)7)14-15-25(33)39-28(2,3)4/h10-13,16-17,22H,14-15H2,1-9H3,(H,31,34)/t22-/m0/s1. The van der Waals surface area contributed by atoms with Gasteiger partial charge in [0, 0.05) is 19.5 Å². The molecule has 1 amide bonds. The molecule has 12 heteroatoms. The van der Waals surface area contributed by atoms with Crippen molar-refractivity contribution in [2.75, 3.05) is 18.5 Å². The Kier molecular flexibility index (Phi) is 10.8. The van der Waals surface area contributed by atoms with Crippen LogP contribution in [0.3, 0.4) is 0 Å². The number of nitrogens with one attached hydrogen (secondary N) is 1. The number of carbonyl (C=O) groups excluding carboxylic acids is 3. The Morgan fingerprint density at radius 1 is 0.976 bits per heavy atom. The Morgan fingerprint density at radius 2 is 1.54 bits per heavy atom. The predicted molar refractivity (Wildman–Crippen MR) is 157 cm³/mol. The van der Waals surface area contributed by atoms with Gasteiger partial charge >= 0.3 is 11.9 Å². The zero-order valence-electron chi connectivity index (χ0n) is 25.0. The van der Waals surface area contributed by atoms with Crippen molar-refractivity contribution in [3.05, 3.63) is 52.5 Å². The number of sulfonamides is 1. The number of amides is 1. The summed E-state index contributed by atoms with van der Waals surface area (Å²) in [6.07, 6.45) is -0.235. The molecule has 2 aromatic rings. The molecule has 1 N–H and O–H groups in total. The van der Waals surface area contributed by atoms with Gasteiger partial charge in [-0.1, -0.05) is 29.3 Å². The van der Waals surface area contributed by atoms with Crippen molar-refractivity contribution in [2.24, 2.45) is 0 Å². The number of anilines is 1. The minimum atomic E-state index is -3.98. The quantitative estimate of drug-likeness (QED) is 0.370. The van der Waals surface area contributed by atoms with E-state index < -0.39 is 45.1 Å². The van der Waals surface area contributed by atoms with Crippen molar-refractivity contribution in [1.29, 1.82) is 0 Å². The molecule has 0 aromatic heterocycles. The van der Waals surface area contributed by atoms with E-state index in [1.807, 2.05) is 6.92 Å². The van der Waals surface area contributed by atoms with Crippen molar-refractivity contribution in [3.8, 4) is 5.75 Å². The van der Waals surface area contributed by atoms with E-state index in [9.17, 15) is 22.8 Å². The lowest BCUT2D eigenvalue weighted by Gasteiger charge is -2.26. The Hall–Kier alpha value is -3.31. The molecule has 226 valence electrons. The first kappa shape index (κ1) is 33.9. The molecule has 0 spiro atoms. The van der Waals surface area contributed by atoms with E-state index in [1.54, 1.807) is 53.7 Å². The van der Waals surface area contributed by atoms with Crippen molar-refractivity contribution in [2.45, 2.75) is 83.4 Å². The first-order valence-corrected chi connectivity index (χ1v) is 14.8. The van der Waals surface area contributed by atoms with Crippen LogP contribution >= 0.6 is 11.6 Å². The fourth-order valence-electron chi connectivity index (χ4n) is 3.64. The van der Waals surface area contributed by atoms with E-state index in [4.69, 9.17) is 25.8 Å². The number of hydrogen-bond donors (Lipinski definition) is 1. The zero-order chi connectivity index (χ0) is 31.3. The van der Waals surface area contributed by atoms with Gasteiger partial charge < -0.3 is 19.5 Å². The molecule has 0 heterocycles. The van der Waals surface area contributed by atoms with E-state index in [-0.39, 0.29) is 39.8 Å². The van der Waals surface area contributed by atoms with Crippen LogP contribution in [0.1, 0.15) is 70.3 Å². The highest BCUT2D eigenvalue weighted by Gasteiger charge is 2.31. The van der Waals surface area contributed by atoms with Crippen molar-refractivity contribution >= 4 is 45.2 Å². The first-order valence-electron chi connectivity index (χ1n) is 12.9. The monoisotopic (exact) mass is 610 g/mol. The number of hydrogen-bond acceptors (Lipinski definition) is 8. The Balaban J connectivity index is 2.37. The van der Waals surface area contributed by atoms with Crippen LogP contribution in [0.25, 0.3) is 0 Å². The molecule has 41 heavy (non-hydrogen) atoms. The molecular weight excluding hydrogens is 572 g/mol. The summed E-state index contributed by atoms with van der Waals surface area (Å²) >= 11 is 6.47. The number of carbonyl (C=O) groups is 3. The third-order valence-electron chi connectivity index (χ3n) is 5.59. The SMILES string of the molecule is COc1cc(N(C)S(=O)(=O)c2ccc(C)cc2)c(Cl)cc1C(=O)N[C@@H](CCC(=O)OC(C)(C)C)C(=O)OC(C)(C)C. The summed E-state index contributed by atoms with van der Waals surface area (Å²) in [5, 5.41) is 2.55. The molecule has 0 saturated heterocycles. The van der Waals surface area contributed by atoms with Crippen molar-refractivity contribution in [3.63, 3.8) is 0 Å². The summed E-state index contributed by atoms with van der Waals surface area (Å²) in [6, 6.07) is 7.73. The number of esters is 2. The zero-order valence-corrected chi connectivity index (χ0v) is 26.5. The van der Waals surface area contributed by atoms with Gasteiger partial charge in [0.05, 0.1) is 28.3 Å². The van der Waals surface area contributed by atoms with Crippen LogP contribution in [-0.2, 0) is 29.1 Å². The van der Waals surface area contributed by atoms with Gasteiger partial charge in [-0.25, -0.2) is 13.2 Å². The molecule has 0 fully saturated rings. The average molecular weight is 611 g/mol. The topological polar surface area (TPSA) is 128 Å². The number of halogens is 1. The largest absolute Gasteiger partial charge is 0.496 e. The predicted octanol–water partition coefficient (Wildman–Crippen LogP) is 5.04. The minimum Gasteiger partial charge on any atom is -0.496 e. The van der Waals surface area contributed by atoms with Crippen LogP contribution in [0, 0.1) is 6.92 Å². The van der Waals surface area contributed by atoms with Gasteiger partial charge in [-0.3, -0.25) is 13.9 Å². The van der Waals surface area contributed by atoms with Crippen LogP contribution < -0.4 is 14.4 Å². The second-order valence-corrected chi connectivity index (χ2v) is 13.9. The van der Waals surface area contributed by atoms with Gasteiger partial charge in [-0.15, -0.1) is 0 Å². The maximum absolute atomic E-state index is 13.4. The Labute approximate surface area is 247 Å². The van der Waals surface area contributed by atoms with Gasteiger partial charge in [0.1, 0.15) is 23.0 Å². The second-order valence-electron chi connectivity index (χ2n) is 11.5. The smallest absolute Gasteiger partial charge is 0.329 e. The van der Waals surface area contributed by atoms with Gasteiger partial charge in [0.15, 0.2) is 0 Å². The van der Waals surface area contributed by atoms with Gasteiger partial charge in [0.2, 0.25) is 0 Å². The van der Waals surface area contributed by atoms with E-state index in [1.165, 1.54) is 38.4 Å². The average Bonchev–Trinajstić information content (AvgIpc) is 2.83. The molecule has 0 aliphatic heterocycles. The summed E-state index contributed by atoms with van der Waals surface area (Å²) in [4.78, 5) is 38.6. The van der Waals surface area contributed by atoms with Gasteiger partial charge in [0.25, 0.3) is 15.9 Å². The van der Waals surface area contributed by atoms with Crippen molar-refractivity contribution < 1.29 is 37.0 Å². The van der Waals surface area contributed by atoms with E-state index in [0.29, 0.717) is 0 Å². The summed E-state index contributed by atoms with van der Waals surface area (Å²) in [7, 11) is -1.33. The third kappa shape index (κ3) is 9.64. The molecular formula is C29H39ClN2O8S. The Bertz CT molecular complexity index is 1380. The van der Waals surface area contributed by atoms with Gasteiger partial charge in [-0.2, -0.15) is 0 Å². The highest BCUT2D eigenvalue weighted by molar-refractivity contribution is 7.92. The maximum Gasteiger partial charge on any atom is 0.329 e. The summed E-state index contributed by atoms with van der Waals surface area (Å²) in [5.74, 6) is -1.99. The summed E-state index contributed by atoms with van der Waals surface area (Å²) in [6.45, 7) is 12.1. The third-order valence-corrected chi connectivity index (χ3v) is 7.67. The number of nitrogens with zero attached hydrogens (tertiary/aromatic N) is 1. The molecule has 0 aliphatic rings. The molecule has 0 unspecified atom stereocenters. The fraction of sp³-hybridized carbons (Fsp3) is 0.483. The Morgan fingerprint density at radius 3 is 2.05 bits per heavy atom. The fourth-order valence-corrected chi connectivity index (χ4v) is 5.19. The molecule has 10 nitrogen and oxygen atoms in total. The van der Waals surface area contributed by atoms with Crippen LogP contribution in [0.4, 0.5) is 5.69 Å². The first-order chi connectivity index (χ1) is 18.7. The number of rotatable bonds is 10. The lowest BCUT2D eigenvalue weighted by Crippen LogP contribution is -2.44. The lowest BCUT2D eigenvalue weighted by molar-refractivity contribution is -0.158. The molecule has 1 atom stereocenters. The molecule has 0 aliphatic carbocycles. The van der Waals surface area contributed by atoms with Gasteiger partial charge in [-0.05, 0) is 73.1 Å². The normalized spacial score (nSPS) is 12.7. The summed E-state index contributed by atoms with van der Waals surface area (Å²) < 4.78 is 43.6. The van der Waals surface area contributed by atoms with E-state index in [0.717, 1.165) is 9.87 Å². The molecule has 0 saturated carbocycles. The number of aryl methyl sites for hydroxylation is 1. The highest BCUT2D eigenvalue weighted by atomic mass is 35.5. The molecule has 0 bridgehead atoms. The molecule has 0 radical (unpaired) electrons. The highest BCUT2D eigenvalue weighted by Crippen LogP contribution is 2.35. The number of methoxy groups -OCH3 is 1. The van der Waals surface area contributed by atoms with Crippen LogP contribution in [0.2, 0.25) is 5.02 Å². The lowest BCUT2D eigenvalue weighted by atomic mass is 10.1. The van der Waals surface area contributed by atoms with E-state index in [2.05, 4.69) is 5.32 Å². The van der Waals surface area contributed by atoms with Crippen LogP contribution in [0.5, 0.6) is 5.75 Å². The maximum atomic E-state index is 13.4. The van der Waals surface area contributed by atoms with Crippen molar-refractivity contribution in [1.82, 2.24) is 5.32 Å². The molecule has 2 aromatic carbocycles. The van der Waals surface area contributed by atoms with Crippen LogP contribution in [-0.4, -0.2) is 57.7 Å².